The zero-order valence-electron chi connectivity index (χ0n) is 16.0. The first-order chi connectivity index (χ1) is 13.8. The lowest BCUT2D eigenvalue weighted by molar-refractivity contribution is -0.120. The lowest BCUT2D eigenvalue weighted by Crippen LogP contribution is -2.31. The number of rotatable bonds is 9. The molecular weight excluding hydrogens is 392 g/mol. The van der Waals surface area contributed by atoms with E-state index in [-0.39, 0.29) is 29.6 Å². The van der Waals surface area contributed by atoms with Crippen molar-refractivity contribution in [2.75, 3.05) is 13.1 Å². The number of amides is 1. The third-order valence-corrected chi connectivity index (χ3v) is 5.81. The Bertz CT molecular complexity index is 1090. The summed E-state index contributed by atoms with van der Waals surface area (Å²) in [6.07, 6.45) is 4.43. The second-order valence-corrected chi connectivity index (χ2v) is 8.29. The zero-order chi connectivity index (χ0) is 20.9. The molecule has 1 amide bonds. The highest BCUT2D eigenvalue weighted by molar-refractivity contribution is 7.89. The summed E-state index contributed by atoms with van der Waals surface area (Å²) in [7, 11) is -3.73. The van der Waals surface area contributed by atoms with Crippen LogP contribution in [0.15, 0.2) is 59.8 Å². The van der Waals surface area contributed by atoms with Gasteiger partial charge in [0, 0.05) is 43.9 Å². The molecule has 0 saturated carbocycles. The molecular formula is C20H22N4O4S. The van der Waals surface area contributed by atoms with E-state index in [4.69, 9.17) is 0 Å². The Labute approximate surface area is 169 Å². The largest absolute Gasteiger partial charge is 0.356 e. The molecule has 3 rings (SSSR count). The lowest BCUT2D eigenvalue weighted by Gasteiger charge is -2.08. The number of nitrogens with one attached hydrogen (secondary N) is 2. The van der Waals surface area contributed by atoms with Gasteiger partial charge in [0.25, 0.3) is 0 Å². The molecule has 0 fully saturated rings. The first kappa shape index (κ1) is 20.7. The number of hydrogen-bond acceptors (Lipinski definition) is 5. The number of carbonyl (C=O) groups excluding carboxylic acids is 2. The van der Waals surface area contributed by atoms with Crippen molar-refractivity contribution in [3.05, 3.63) is 66.1 Å². The van der Waals surface area contributed by atoms with E-state index in [0.717, 1.165) is 11.3 Å². The highest BCUT2D eigenvalue weighted by Crippen LogP contribution is 2.11. The molecule has 0 aliphatic carbocycles. The maximum Gasteiger partial charge on any atom is 0.240 e. The highest BCUT2D eigenvalue weighted by atomic mass is 32.2. The molecule has 0 radical (unpaired) electrons. The van der Waals surface area contributed by atoms with Crippen molar-refractivity contribution < 1.29 is 18.0 Å². The van der Waals surface area contributed by atoms with E-state index in [9.17, 15) is 18.0 Å². The summed E-state index contributed by atoms with van der Waals surface area (Å²) in [5.41, 5.74) is 2.15. The number of aromatic nitrogens is 2. The number of Topliss-reactive ketones (excluding diaryl/α,β-unsaturated/α-hetero) is 1. The first-order valence-corrected chi connectivity index (χ1v) is 10.6. The molecule has 3 aromatic rings. The number of ketones is 1. The van der Waals surface area contributed by atoms with Crippen LogP contribution in [-0.4, -0.2) is 42.6 Å². The van der Waals surface area contributed by atoms with Crippen molar-refractivity contribution in [1.82, 2.24) is 19.4 Å². The van der Waals surface area contributed by atoms with Crippen molar-refractivity contribution in [2.24, 2.45) is 0 Å². The quantitative estimate of drug-likeness (QED) is 0.517. The van der Waals surface area contributed by atoms with Gasteiger partial charge in [0.05, 0.1) is 10.6 Å². The molecule has 0 bridgehead atoms. The van der Waals surface area contributed by atoms with Gasteiger partial charge in [0.2, 0.25) is 15.9 Å². The van der Waals surface area contributed by atoms with E-state index >= 15 is 0 Å². The summed E-state index contributed by atoms with van der Waals surface area (Å²) in [4.78, 5) is 27.7. The van der Waals surface area contributed by atoms with Crippen LogP contribution >= 0.6 is 0 Å². The molecule has 0 saturated heterocycles. The average molecular weight is 414 g/mol. The summed E-state index contributed by atoms with van der Waals surface area (Å²) in [6.45, 7) is 1.81. The van der Waals surface area contributed by atoms with E-state index in [0.29, 0.717) is 18.5 Å². The van der Waals surface area contributed by atoms with Gasteiger partial charge < -0.3 is 9.72 Å². The van der Waals surface area contributed by atoms with Gasteiger partial charge in [0.1, 0.15) is 5.65 Å². The molecule has 152 valence electrons. The Hall–Kier alpha value is -3.04. The topological polar surface area (TPSA) is 110 Å². The number of fused-ring (bicyclic) bond motifs is 1. The van der Waals surface area contributed by atoms with Crippen LogP contribution in [0, 0.1) is 0 Å². The van der Waals surface area contributed by atoms with E-state index in [1.807, 2.05) is 35.0 Å². The third kappa shape index (κ3) is 5.49. The predicted molar refractivity (Wildman–Crippen MR) is 108 cm³/mol. The summed E-state index contributed by atoms with van der Waals surface area (Å²) in [5, 5.41) is 2.76. The Morgan fingerprint density at radius 3 is 2.52 bits per heavy atom. The first-order valence-electron chi connectivity index (χ1n) is 9.15. The normalized spacial score (nSPS) is 11.5. The fraction of sp³-hybridized carbons (Fsp3) is 0.250. The molecule has 0 spiro atoms. The molecule has 1 aromatic carbocycles. The third-order valence-electron chi connectivity index (χ3n) is 4.33. The average Bonchev–Trinajstić information content (AvgIpc) is 3.10. The van der Waals surface area contributed by atoms with Crippen LogP contribution in [0.25, 0.3) is 5.65 Å². The van der Waals surface area contributed by atoms with Gasteiger partial charge in [-0.05, 0) is 31.2 Å². The van der Waals surface area contributed by atoms with Crippen molar-refractivity contribution in [1.29, 1.82) is 0 Å². The smallest absolute Gasteiger partial charge is 0.240 e. The molecule has 2 aromatic heterocycles. The van der Waals surface area contributed by atoms with Crippen molar-refractivity contribution in [2.45, 2.75) is 24.7 Å². The van der Waals surface area contributed by atoms with E-state index < -0.39 is 10.0 Å². The SMILES string of the molecule is CC(=O)c1ccc(S(=O)(=O)NCCC(=O)NCCc2cn3ccccc3n2)cc1. The standard InChI is InChI=1S/C20H22N4O4S/c1-15(25)16-5-7-18(8-6-16)29(27,28)22-12-10-20(26)21-11-9-17-14-24-13-3-2-4-19(24)23-17/h2-8,13-14,22H,9-12H2,1H3,(H,21,26). The summed E-state index contributed by atoms with van der Waals surface area (Å²) in [6, 6.07) is 11.4. The number of benzene rings is 1. The van der Waals surface area contributed by atoms with E-state index in [1.54, 1.807) is 0 Å². The van der Waals surface area contributed by atoms with Crippen LogP contribution in [0.4, 0.5) is 0 Å². The van der Waals surface area contributed by atoms with Gasteiger partial charge in [-0.2, -0.15) is 0 Å². The number of pyridine rings is 1. The van der Waals surface area contributed by atoms with Gasteiger partial charge in [-0.25, -0.2) is 18.1 Å². The number of sulfonamides is 1. The Morgan fingerprint density at radius 1 is 1.07 bits per heavy atom. The zero-order valence-corrected chi connectivity index (χ0v) is 16.8. The van der Waals surface area contributed by atoms with Crippen molar-refractivity contribution in [3.8, 4) is 0 Å². The van der Waals surface area contributed by atoms with Gasteiger partial charge in [-0.3, -0.25) is 9.59 Å². The summed E-state index contributed by atoms with van der Waals surface area (Å²) in [5.74, 6) is -0.384. The fourth-order valence-electron chi connectivity index (χ4n) is 2.78. The van der Waals surface area contributed by atoms with Crippen LogP contribution in [0.1, 0.15) is 29.4 Å². The number of nitrogens with zero attached hydrogens (tertiary/aromatic N) is 2. The summed E-state index contributed by atoms with van der Waals surface area (Å²) < 4.78 is 28.8. The highest BCUT2D eigenvalue weighted by Gasteiger charge is 2.14. The maximum atomic E-state index is 12.2. The minimum absolute atomic E-state index is 0.0169. The number of carbonyl (C=O) groups is 2. The Kier molecular flexibility index (Phi) is 6.40. The fourth-order valence-corrected chi connectivity index (χ4v) is 3.81. The molecule has 0 aliphatic heterocycles. The van der Waals surface area contributed by atoms with E-state index in [2.05, 4.69) is 15.0 Å². The predicted octanol–water partition coefficient (Wildman–Crippen LogP) is 1.56. The molecule has 29 heavy (non-hydrogen) atoms. The van der Waals surface area contributed by atoms with Gasteiger partial charge in [0.15, 0.2) is 5.78 Å². The van der Waals surface area contributed by atoms with Crippen LogP contribution in [-0.2, 0) is 21.2 Å². The minimum atomic E-state index is -3.73. The monoisotopic (exact) mass is 414 g/mol. The van der Waals surface area contributed by atoms with Crippen molar-refractivity contribution in [3.63, 3.8) is 0 Å². The Balaban J connectivity index is 1.42. The number of hydrogen-bond donors (Lipinski definition) is 2. The number of imidazole rings is 1. The minimum Gasteiger partial charge on any atom is -0.356 e. The lowest BCUT2D eigenvalue weighted by atomic mass is 10.2. The van der Waals surface area contributed by atoms with E-state index in [1.165, 1.54) is 31.2 Å². The molecule has 0 unspecified atom stereocenters. The van der Waals surface area contributed by atoms with Gasteiger partial charge in [-0.1, -0.05) is 18.2 Å². The molecule has 0 aliphatic rings. The maximum absolute atomic E-state index is 12.2. The second kappa shape index (κ2) is 8.97. The van der Waals surface area contributed by atoms with Crippen molar-refractivity contribution >= 4 is 27.4 Å². The second-order valence-electron chi connectivity index (χ2n) is 6.53. The molecule has 8 nitrogen and oxygen atoms in total. The summed E-state index contributed by atoms with van der Waals surface area (Å²) >= 11 is 0. The molecule has 2 N–H and O–H groups in total. The molecule has 0 atom stereocenters. The van der Waals surface area contributed by atoms with Crippen LogP contribution in [0.2, 0.25) is 0 Å². The van der Waals surface area contributed by atoms with Gasteiger partial charge in [-0.15, -0.1) is 0 Å². The van der Waals surface area contributed by atoms with Crippen LogP contribution < -0.4 is 10.0 Å². The Morgan fingerprint density at radius 2 is 1.83 bits per heavy atom. The van der Waals surface area contributed by atoms with Crippen LogP contribution in [0.5, 0.6) is 0 Å². The van der Waals surface area contributed by atoms with Crippen LogP contribution in [0.3, 0.4) is 0 Å². The molecule has 9 heteroatoms. The molecule has 2 heterocycles. The van der Waals surface area contributed by atoms with Gasteiger partial charge >= 0.3 is 0 Å².